The molecule has 27 heavy (non-hydrogen) atoms. The summed E-state index contributed by atoms with van der Waals surface area (Å²) < 4.78 is 14.3. The lowest BCUT2D eigenvalue weighted by molar-refractivity contribution is 0.0873. The number of aromatic nitrogens is 2. The number of hydrogen-bond acceptors (Lipinski definition) is 7. The van der Waals surface area contributed by atoms with Crippen molar-refractivity contribution in [3.05, 3.63) is 59.9 Å². The lowest BCUT2D eigenvalue weighted by atomic mass is 10.0. The lowest BCUT2D eigenvalue weighted by Crippen LogP contribution is -2.28. The molecule has 0 radical (unpaired) electrons. The van der Waals surface area contributed by atoms with Crippen LogP contribution in [-0.4, -0.2) is 20.8 Å². The van der Waals surface area contributed by atoms with Crippen LogP contribution in [0.4, 0.5) is 27.4 Å². The molecule has 1 unspecified atom stereocenters. The van der Waals surface area contributed by atoms with Crippen molar-refractivity contribution in [3.63, 3.8) is 0 Å². The van der Waals surface area contributed by atoms with Gasteiger partial charge in [-0.1, -0.05) is 12.1 Å². The van der Waals surface area contributed by atoms with Crippen molar-refractivity contribution in [1.82, 2.24) is 9.78 Å². The molecule has 0 fully saturated rings. The summed E-state index contributed by atoms with van der Waals surface area (Å²) in [5, 5.41) is 24.7. The van der Waals surface area contributed by atoms with Crippen molar-refractivity contribution in [3.8, 4) is 5.75 Å². The van der Waals surface area contributed by atoms with Gasteiger partial charge in [0.2, 0.25) is 0 Å². The fourth-order valence-electron chi connectivity index (χ4n) is 2.84. The molecular formula is C18H15FN6O2. The molecule has 3 aromatic rings. The van der Waals surface area contributed by atoms with E-state index >= 15 is 0 Å². The number of nitrogens with one attached hydrogen (secondary N) is 1. The molecule has 2 aromatic carbocycles. The average molecular weight is 366 g/mol. The monoisotopic (exact) mass is 366 g/mol. The number of phenols is 1. The third-order valence-corrected chi connectivity index (χ3v) is 4.20. The second-order valence-corrected chi connectivity index (χ2v) is 6.06. The van der Waals surface area contributed by atoms with Crippen LogP contribution in [0.25, 0.3) is 0 Å². The first kappa shape index (κ1) is 16.7. The summed E-state index contributed by atoms with van der Waals surface area (Å²) in [4.78, 5) is 12.4. The molecule has 0 bridgehead atoms. The number of rotatable bonds is 3. The number of carbonyl (C=O) groups excluding carboxylic acids is 1. The van der Waals surface area contributed by atoms with Crippen LogP contribution in [0.2, 0.25) is 0 Å². The molecule has 0 spiro atoms. The largest absolute Gasteiger partial charge is 0.508 e. The van der Waals surface area contributed by atoms with Gasteiger partial charge in [0, 0.05) is 0 Å². The minimum absolute atomic E-state index is 0.0631. The van der Waals surface area contributed by atoms with Gasteiger partial charge in [0.25, 0.3) is 5.91 Å². The summed E-state index contributed by atoms with van der Waals surface area (Å²) in [6.07, 6.45) is 0.147. The Balaban J connectivity index is 1.67. The molecule has 1 atom stereocenters. The van der Waals surface area contributed by atoms with Gasteiger partial charge in [0.1, 0.15) is 11.6 Å². The zero-order valence-corrected chi connectivity index (χ0v) is 14.0. The van der Waals surface area contributed by atoms with Gasteiger partial charge in [-0.25, -0.2) is 4.39 Å². The molecular weight excluding hydrogens is 351 g/mol. The van der Waals surface area contributed by atoms with Crippen molar-refractivity contribution >= 4 is 28.9 Å². The minimum atomic E-state index is -0.357. The molecule has 1 aliphatic rings. The Bertz CT molecular complexity index is 1030. The smallest absolute Gasteiger partial charge is 0.251 e. The highest BCUT2D eigenvalue weighted by Gasteiger charge is 2.30. The van der Waals surface area contributed by atoms with Crippen molar-refractivity contribution in [2.75, 3.05) is 11.1 Å². The van der Waals surface area contributed by atoms with E-state index in [4.69, 9.17) is 5.73 Å². The zero-order valence-electron chi connectivity index (χ0n) is 14.0. The van der Waals surface area contributed by atoms with Gasteiger partial charge >= 0.3 is 0 Å². The maximum Gasteiger partial charge on any atom is 0.251 e. The van der Waals surface area contributed by atoms with Crippen molar-refractivity contribution in [2.24, 2.45) is 10.2 Å². The molecule has 0 saturated carbocycles. The lowest BCUT2D eigenvalue weighted by Gasteiger charge is -2.24. The SMILES string of the molecule is Nc1nn2c(c1N=Nc1ccc(O)cc1)NC(c1ccc(F)cc1)CC2=O. The van der Waals surface area contributed by atoms with E-state index in [-0.39, 0.29) is 41.4 Å². The second kappa shape index (κ2) is 6.52. The number of anilines is 2. The van der Waals surface area contributed by atoms with Crippen LogP contribution >= 0.6 is 0 Å². The molecule has 4 rings (SSSR count). The Hall–Kier alpha value is -3.75. The predicted molar refractivity (Wildman–Crippen MR) is 96.9 cm³/mol. The molecule has 1 aromatic heterocycles. The highest BCUT2D eigenvalue weighted by molar-refractivity contribution is 5.90. The summed E-state index contributed by atoms with van der Waals surface area (Å²) in [5.74, 6) is -0.0889. The van der Waals surface area contributed by atoms with Gasteiger partial charge in [-0.3, -0.25) is 4.79 Å². The number of carbonyl (C=O) groups is 1. The second-order valence-electron chi connectivity index (χ2n) is 6.06. The fourth-order valence-corrected chi connectivity index (χ4v) is 2.84. The number of halogens is 1. The van der Waals surface area contributed by atoms with Gasteiger partial charge in [0.15, 0.2) is 17.3 Å². The fraction of sp³-hybridized carbons (Fsp3) is 0.111. The van der Waals surface area contributed by atoms with Crippen molar-refractivity contribution < 1.29 is 14.3 Å². The van der Waals surface area contributed by atoms with E-state index in [1.54, 1.807) is 24.3 Å². The van der Waals surface area contributed by atoms with Crippen molar-refractivity contribution in [2.45, 2.75) is 12.5 Å². The maximum atomic E-state index is 13.2. The standard InChI is InChI=1S/C18H15FN6O2/c19-11-3-1-10(2-4-11)14-9-15(27)25-18(21-14)16(17(20)24-25)23-22-12-5-7-13(26)8-6-12/h1-8,14,21,26H,9H2,(H2,20,24). The quantitative estimate of drug-likeness (QED) is 0.607. The van der Waals surface area contributed by atoms with Gasteiger partial charge in [-0.2, -0.15) is 9.80 Å². The van der Waals surface area contributed by atoms with E-state index < -0.39 is 0 Å². The number of phenolic OH excluding ortho intramolecular Hbond substituents is 1. The first-order valence-corrected chi connectivity index (χ1v) is 8.16. The topological polar surface area (TPSA) is 118 Å². The molecule has 0 saturated heterocycles. The Kier molecular flexibility index (Phi) is 4.03. The van der Waals surface area contributed by atoms with E-state index in [2.05, 4.69) is 20.6 Å². The predicted octanol–water partition coefficient (Wildman–Crippen LogP) is 3.92. The van der Waals surface area contributed by atoms with Crippen molar-refractivity contribution in [1.29, 1.82) is 0 Å². The van der Waals surface area contributed by atoms with Crippen LogP contribution in [0, 0.1) is 5.82 Å². The highest BCUT2D eigenvalue weighted by Crippen LogP contribution is 2.39. The third kappa shape index (κ3) is 3.22. The normalized spacial score (nSPS) is 16.3. The van der Waals surface area contributed by atoms with E-state index in [1.807, 2.05) is 0 Å². The Morgan fingerprint density at radius 1 is 1.15 bits per heavy atom. The summed E-state index contributed by atoms with van der Waals surface area (Å²) in [6.45, 7) is 0. The van der Waals surface area contributed by atoms with Crippen LogP contribution in [0.15, 0.2) is 58.8 Å². The summed E-state index contributed by atoms with van der Waals surface area (Å²) >= 11 is 0. The van der Waals surface area contributed by atoms with E-state index in [0.29, 0.717) is 11.5 Å². The number of aromatic hydroxyl groups is 1. The third-order valence-electron chi connectivity index (χ3n) is 4.20. The molecule has 4 N–H and O–H groups in total. The van der Waals surface area contributed by atoms with Crippen LogP contribution in [0.5, 0.6) is 5.75 Å². The first-order valence-electron chi connectivity index (χ1n) is 8.16. The molecule has 0 amide bonds. The number of nitrogens with two attached hydrogens (primary N) is 1. The molecule has 136 valence electrons. The Labute approximate surface area is 153 Å². The van der Waals surface area contributed by atoms with E-state index in [9.17, 15) is 14.3 Å². The van der Waals surface area contributed by atoms with Crippen LogP contribution in [-0.2, 0) is 0 Å². The molecule has 8 nitrogen and oxygen atoms in total. The zero-order chi connectivity index (χ0) is 19.0. The summed E-state index contributed by atoms with van der Waals surface area (Å²) in [5.41, 5.74) is 7.41. The minimum Gasteiger partial charge on any atom is -0.508 e. The van der Waals surface area contributed by atoms with Gasteiger partial charge in [-0.15, -0.1) is 10.2 Å². The van der Waals surface area contributed by atoms with Gasteiger partial charge in [0.05, 0.1) is 18.2 Å². The highest BCUT2D eigenvalue weighted by atomic mass is 19.1. The average Bonchev–Trinajstić information content (AvgIpc) is 2.98. The number of azo groups is 1. The number of hydrogen-bond donors (Lipinski definition) is 3. The van der Waals surface area contributed by atoms with Crippen LogP contribution < -0.4 is 11.1 Å². The number of benzene rings is 2. The molecule has 2 heterocycles. The number of nitrogens with zero attached hydrogens (tertiary/aromatic N) is 4. The number of fused-ring (bicyclic) bond motifs is 1. The molecule has 1 aliphatic heterocycles. The Morgan fingerprint density at radius 2 is 1.85 bits per heavy atom. The van der Waals surface area contributed by atoms with Crippen LogP contribution in [0.3, 0.4) is 0 Å². The van der Waals surface area contributed by atoms with Gasteiger partial charge in [-0.05, 0) is 42.0 Å². The summed E-state index contributed by atoms with van der Waals surface area (Å²) in [7, 11) is 0. The molecule has 9 heteroatoms. The van der Waals surface area contributed by atoms with E-state index in [1.165, 1.54) is 28.9 Å². The van der Waals surface area contributed by atoms with E-state index in [0.717, 1.165) is 5.56 Å². The first-order chi connectivity index (χ1) is 13.0. The Morgan fingerprint density at radius 3 is 2.56 bits per heavy atom. The number of nitrogen functional groups attached to an aromatic ring is 1. The van der Waals surface area contributed by atoms with Crippen LogP contribution in [0.1, 0.15) is 22.8 Å². The molecule has 0 aliphatic carbocycles. The maximum absolute atomic E-state index is 13.2. The summed E-state index contributed by atoms with van der Waals surface area (Å²) in [6, 6.07) is 11.7. The van der Waals surface area contributed by atoms with Gasteiger partial charge < -0.3 is 16.2 Å².